The van der Waals surface area contributed by atoms with Crippen LogP contribution in [0.3, 0.4) is 0 Å². The van der Waals surface area contributed by atoms with Gasteiger partial charge in [0.05, 0.1) is 10.9 Å². The zero-order valence-corrected chi connectivity index (χ0v) is 18.3. The molecule has 1 aliphatic heterocycles. The van der Waals surface area contributed by atoms with Crippen molar-refractivity contribution in [3.8, 4) is 5.69 Å². The van der Waals surface area contributed by atoms with Crippen LogP contribution in [0.2, 0.25) is 0 Å². The monoisotopic (exact) mass is 427 g/mol. The normalized spacial score (nSPS) is 16.3. The number of aromatic nitrogens is 2. The average Bonchev–Trinajstić information content (AvgIpc) is 3.34. The Hall–Kier alpha value is -3.38. The predicted molar refractivity (Wildman–Crippen MR) is 132 cm³/mol. The molecule has 164 valence electrons. The Morgan fingerprint density at radius 3 is 2.66 bits per heavy atom. The van der Waals surface area contributed by atoms with E-state index in [4.69, 9.17) is 0 Å². The summed E-state index contributed by atoms with van der Waals surface area (Å²) < 4.78 is 2.10. The molecule has 0 saturated carbocycles. The molecule has 0 radical (unpaired) electrons. The topological polar surface area (TPSA) is 62.2 Å². The van der Waals surface area contributed by atoms with Gasteiger partial charge in [0.1, 0.15) is 11.6 Å². The van der Waals surface area contributed by atoms with Crippen LogP contribution in [0.5, 0.6) is 0 Å². The first-order valence-electron chi connectivity index (χ1n) is 11.5. The minimum absolute atomic E-state index is 0.0359. The lowest BCUT2D eigenvalue weighted by atomic mass is 10.1. The summed E-state index contributed by atoms with van der Waals surface area (Å²) in [6.07, 6.45) is 12.7. The highest BCUT2D eigenvalue weighted by molar-refractivity contribution is 5.85. The van der Waals surface area contributed by atoms with Gasteiger partial charge in [-0.25, -0.2) is 4.98 Å². The Morgan fingerprint density at radius 1 is 1.03 bits per heavy atom. The maximum atomic E-state index is 13.0. The molecular formula is C26H29N5O. The predicted octanol–water partition coefficient (Wildman–Crippen LogP) is 4.54. The van der Waals surface area contributed by atoms with Gasteiger partial charge in [0.25, 0.3) is 0 Å². The van der Waals surface area contributed by atoms with Crippen LogP contribution in [0.15, 0.2) is 77.4 Å². The van der Waals surface area contributed by atoms with Crippen LogP contribution in [0.1, 0.15) is 25.7 Å². The lowest BCUT2D eigenvalue weighted by Crippen LogP contribution is -2.26. The maximum absolute atomic E-state index is 13.0. The molecule has 0 bridgehead atoms. The van der Waals surface area contributed by atoms with Gasteiger partial charge in [-0.2, -0.15) is 0 Å². The van der Waals surface area contributed by atoms with E-state index in [0.717, 1.165) is 54.5 Å². The number of benzene rings is 1. The van der Waals surface area contributed by atoms with Crippen molar-refractivity contribution >= 4 is 22.5 Å². The van der Waals surface area contributed by atoms with E-state index in [1.807, 2.05) is 24.3 Å². The number of nitrogens with zero attached hydrogens (tertiary/aromatic N) is 3. The Labute approximate surface area is 188 Å². The summed E-state index contributed by atoms with van der Waals surface area (Å²) in [5, 5.41) is 7.53. The number of hydrogen-bond donors (Lipinski definition) is 2. The summed E-state index contributed by atoms with van der Waals surface area (Å²) in [4.78, 5) is 20.0. The standard InChI is InChI=1S/C26H29N5O/c32-24-18-26(29-20-9-3-1-4-10-20)31(21-11-5-2-6-12-21)23-17-25(28-19-22(23)24)27-13-16-30-14-7-8-15-30/h2-3,5-6,9-12,17-19,29H,1,4,7-8,13-16H2,(H,27,28). The van der Waals surface area contributed by atoms with E-state index in [1.165, 1.54) is 25.9 Å². The molecule has 0 spiro atoms. The van der Waals surface area contributed by atoms with E-state index >= 15 is 0 Å². The van der Waals surface area contributed by atoms with Gasteiger partial charge in [-0.3, -0.25) is 9.36 Å². The summed E-state index contributed by atoms with van der Waals surface area (Å²) in [6.45, 7) is 4.20. The van der Waals surface area contributed by atoms with E-state index in [-0.39, 0.29) is 5.43 Å². The summed E-state index contributed by atoms with van der Waals surface area (Å²) in [5.41, 5.74) is 2.81. The maximum Gasteiger partial charge on any atom is 0.193 e. The molecule has 32 heavy (non-hydrogen) atoms. The number of allylic oxidation sites excluding steroid dienone is 3. The van der Waals surface area contributed by atoms with Gasteiger partial charge in [0, 0.05) is 42.8 Å². The Balaban J connectivity index is 1.54. The molecule has 1 aromatic carbocycles. The van der Waals surface area contributed by atoms with Crippen molar-refractivity contribution in [1.29, 1.82) is 0 Å². The van der Waals surface area contributed by atoms with Crippen molar-refractivity contribution in [2.75, 3.05) is 36.8 Å². The fourth-order valence-electron chi connectivity index (χ4n) is 4.46. The van der Waals surface area contributed by atoms with Gasteiger partial charge >= 0.3 is 0 Å². The molecule has 0 unspecified atom stereocenters. The van der Waals surface area contributed by atoms with Crippen LogP contribution in [-0.4, -0.2) is 40.6 Å². The fourth-order valence-corrected chi connectivity index (χ4v) is 4.46. The molecule has 5 rings (SSSR count). The summed E-state index contributed by atoms with van der Waals surface area (Å²) >= 11 is 0. The summed E-state index contributed by atoms with van der Waals surface area (Å²) in [7, 11) is 0. The van der Waals surface area contributed by atoms with E-state index in [9.17, 15) is 4.79 Å². The van der Waals surface area contributed by atoms with Gasteiger partial charge in [0.2, 0.25) is 0 Å². The van der Waals surface area contributed by atoms with Gasteiger partial charge in [-0.1, -0.05) is 30.4 Å². The van der Waals surface area contributed by atoms with Gasteiger partial charge in [-0.15, -0.1) is 0 Å². The van der Waals surface area contributed by atoms with Crippen molar-refractivity contribution in [2.45, 2.75) is 25.7 Å². The smallest absolute Gasteiger partial charge is 0.193 e. The molecule has 6 heteroatoms. The fraction of sp³-hybridized carbons (Fsp3) is 0.308. The van der Waals surface area contributed by atoms with Crippen LogP contribution in [0, 0.1) is 0 Å². The zero-order valence-electron chi connectivity index (χ0n) is 18.3. The van der Waals surface area contributed by atoms with Crippen molar-refractivity contribution < 1.29 is 0 Å². The van der Waals surface area contributed by atoms with Crippen LogP contribution >= 0.6 is 0 Å². The number of pyridine rings is 2. The van der Waals surface area contributed by atoms with Crippen molar-refractivity contribution in [2.24, 2.45) is 0 Å². The van der Waals surface area contributed by atoms with Crippen molar-refractivity contribution in [1.82, 2.24) is 14.5 Å². The Bertz CT molecular complexity index is 1210. The lowest BCUT2D eigenvalue weighted by Gasteiger charge is -2.20. The number of hydrogen-bond acceptors (Lipinski definition) is 5. The minimum atomic E-state index is -0.0359. The zero-order chi connectivity index (χ0) is 21.8. The molecule has 3 aromatic rings. The molecule has 6 nitrogen and oxygen atoms in total. The highest BCUT2D eigenvalue weighted by atomic mass is 16.1. The first kappa shape index (κ1) is 20.5. The quantitative estimate of drug-likeness (QED) is 0.580. The number of fused-ring (bicyclic) bond motifs is 1. The SMILES string of the molecule is O=c1cc(NC2=CCCC=C2)n(-c2ccccc2)c2cc(NCCN3CCCC3)ncc12. The summed E-state index contributed by atoms with van der Waals surface area (Å²) in [5.74, 6) is 1.54. The molecule has 1 saturated heterocycles. The van der Waals surface area contributed by atoms with Crippen LogP contribution in [-0.2, 0) is 0 Å². The second-order valence-electron chi connectivity index (χ2n) is 8.39. The second kappa shape index (κ2) is 9.40. The molecule has 0 atom stereocenters. The van der Waals surface area contributed by atoms with Gasteiger partial charge < -0.3 is 15.5 Å². The van der Waals surface area contributed by atoms with E-state index in [1.54, 1.807) is 12.3 Å². The Kier molecular flexibility index (Phi) is 6.03. The number of rotatable bonds is 7. The molecule has 2 aliphatic rings. The van der Waals surface area contributed by atoms with E-state index < -0.39 is 0 Å². The highest BCUT2D eigenvalue weighted by Gasteiger charge is 2.14. The third-order valence-electron chi connectivity index (χ3n) is 6.11. The largest absolute Gasteiger partial charge is 0.369 e. The molecule has 0 amide bonds. The number of para-hydroxylation sites is 1. The van der Waals surface area contributed by atoms with Gasteiger partial charge in [-0.05, 0) is 57.0 Å². The molecule has 1 fully saturated rings. The number of nitrogens with one attached hydrogen (secondary N) is 2. The van der Waals surface area contributed by atoms with E-state index in [2.05, 4.69) is 55.4 Å². The minimum Gasteiger partial charge on any atom is -0.369 e. The first-order chi connectivity index (χ1) is 15.8. The Morgan fingerprint density at radius 2 is 1.88 bits per heavy atom. The average molecular weight is 428 g/mol. The lowest BCUT2D eigenvalue weighted by molar-refractivity contribution is 0.352. The number of anilines is 2. The third-order valence-corrected chi connectivity index (χ3v) is 6.11. The molecule has 2 N–H and O–H groups in total. The first-order valence-corrected chi connectivity index (χ1v) is 11.5. The third kappa shape index (κ3) is 4.46. The van der Waals surface area contributed by atoms with Crippen molar-refractivity contribution in [3.05, 3.63) is 82.8 Å². The highest BCUT2D eigenvalue weighted by Crippen LogP contribution is 2.25. The second-order valence-corrected chi connectivity index (χ2v) is 8.39. The molecule has 3 heterocycles. The number of likely N-dealkylation sites (tertiary alicyclic amines) is 1. The van der Waals surface area contributed by atoms with Crippen LogP contribution in [0.25, 0.3) is 16.6 Å². The van der Waals surface area contributed by atoms with Crippen LogP contribution in [0.4, 0.5) is 11.6 Å². The molecule has 2 aromatic heterocycles. The molecule has 1 aliphatic carbocycles. The summed E-state index contributed by atoms with van der Waals surface area (Å²) in [6, 6.07) is 13.8. The van der Waals surface area contributed by atoms with Crippen LogP contribution < -0.4 is 16.1 Å². The van der Waals surface area contributed by atoms with Gasteiger partial charge in [0.15, 0.2) is 5.43 Å². The van der Waals surface area contributed by atoms with Crippen molar-refractivity contribution in [3.63, 3.8) is 0 Å². The molecular weight excluding hydrogens is 398 g/mol. The van der Waals surface area contributed by atoms with E-state index in [0.29, 0.717) is 5.39 Å².